The Labute approximate surface area is 99.5 Å². The third-order valence-corrected chi connectivity index (χ3v) is 4.19. The SMILES string of the molecule is CCC(C)C(CC(C)C)(O[Si])C(C)CC. The highest BCUT2D eigenvalue weighted by Crippen LogP contribution is 2.39. The summed E-state index contributed by atoms with van der Waals surface area (Å²) in [6.45, 7) is 13.6. The minimum absolute atomic E-state index is 0.00540. The van der Waals surface area contributed by atoms with E-state index in [-0.39, 0.29) is 5.60 Å². The Hall–Kier alpha value is 0.177. The summed E-state index contributed by atoms with van der Waals surface area (Å²) in [4.78, 5) is 0. The molecule has 89 valence electrons. The second-order valence-electron chi connectivity index (χ2n) is 5.27. The molecule has 0 aromatic heterocycles. The smallest absolute Gasteiger partial charge is 0.247 e. The zero-order chi connectivity index (χ0) is 12.1. The summed E-state index contributed by atoms with van der Waals surface area (Å²) in [5.41, 5.74) is -0.00540. The molecule has 0 rings (SSSR count). The molecular weight excluding hydrogens is 200 g/mol. The second kappa shape index (κ2) is 6.69. The van der Waals surface area contributed by atoms with Gasteiger partial charge in [-0.2, -0.15) is 0 Å². The Morgan fingerprint density at radius 1 is 1.00 bits per heavy atom. The lowest BCUT2D eigenvalue weighted by Crippen LogP contribution is -2.46. The fourth-order valence-corrected chi connectivity index (χ4v) is 2.95. The molecular formula is C13H27OSi. The van der Waals surface area contributed by atoms with E-state index < -0.39 is 0 Å². The van der Waals surface area contributed by atoms with Gasteiger partial charge in [-0.25, -0.2) is 0 Å². The summed E-state index contributed by atoms with van der Waals surface area (Å²) in [5, 5.41) is 0. The topological polar surface area (TPSA) is 9.23 Å². The summed E-state index contributed by atoms with van der Waals surface area (Å²) >= 11 is 0. The summed E-state index contributed by atoms with van der Waals surface area (Å²) < 4.78 is 5.76. The quantitative estimate of drug-likeness (QED) is 0.598. The average Bonchev–Trinajstić information content (AvgIpc) is 2.23. The van der Waals surface area contributed by atoms with Crippen LogP contribution in [-0.2, 0) is 4.43 Å². The van der Waals surface area contributed by atoms with Gasteiger partial charge in [0.2, 0.25) is 10.5 Å². The van der Waals surface area contributed by atoms with Gasteiger partial charge in [0.25, 0.3) is 0 Å². The van der Waals surface area contributed by atoms with E-state index in [4.69, 9.17) is 4.43 Å². The van der Waals surface area contributed by atoms with Crippen LogP contribution in [0.5, 0.6) is 0 Å². The molecule has 0 aromatic rings. The molecule has 0 bridgehead atoms. The van der Waals surface area contributed by atoms with Gasteiger partial charge in [0.15, 0.2) is 0 Å². The molecule has 0 fully saturated rings. The summed E-state index contributed by atoms with van der Waals surface area (Å²) in [5.74, 6) is 1.85. The van der Waals surface area contributed by atoms with Gasteiger partial charge in [0.05, 0.1) is 5.60 Å². The summed E-state index contributed by atoms with van der Waals surface area (Å²) in [6, 6.07) is 0. The Balaban J connectivity index is 4.91. The fourth-order valence-electron chi connectivity index (χ4n) is 2.46. The van der Waals surface area contributed by atoms with Crippen LogP contribution in [0.3, 0.4) is 0 Å². The number of rotatable bonds is 7. The van der Waals surface area contributed by atoms with Gasteiger partial charge >= 0.3 is 0 Å². The highest BCUT2D eigenvalue weighted by molar-refractivity contribution is 5.98. The van der Waals surface area contributed by atoms with E-state index in [9.17, 15) is 0 Å². The van der Waals surface area contributed by atoms with Gasteiger partial charge in [-0.3, -0.25) is 0 Å². The van der Waals surface area contributed by atoms with Crippen LogP contribution in [0.1, 0.15) is 60.8 Å². The van der Waals surface area contributed by atoms with Gasteiger partial charge in [-0.1, -0.05) is 54.4 Å². The van der Waals surface area contributed by atoms with Crippen molar-refractivity contribution >= 4 is 10.5 Å². The molecule has 0 saturated heterocycles. The summed E-state index contributed by atoms with van der Waals surface area (Å²) in [7, 11) is 3.34. The molecule has 2 atom stereocenters. The molecule has 0 aliphatic carbocycles. The molecule has 0 amide bonds. The molecule has 2 heteroatoms. The number of hydrogen-bond donors (Lipinski definition) is 0. The van der Waals surface area contributed by atoms with E-state index in [0.29, 0.717) is 17.8 Å². The number of hydrogen-bond acceptors (Lipinski definition) is 1. The van der Waals surface area contributed by atoms with Crippen molar-refractivity contribution in [3.63, 3.8) is 0 Å². The van der Waals surface area contributed by atoms with Crippen molar-refractivity contribution in [3.05, 3.63) is 0 Å². The zero-order valence-electron chi connectivity index (χ0n) is 11.3. The molecule has 0 aliphatic heterocycles. The van der Waals surface area contributed by atoms with Crippen LogP contribution in [0, 0.1) is 17.8 Å². The van der Waals surface area contributed by atoms with Crippen LogP contribution in [0.15, 0.2) is 0 Å². The van der Waals surface area contributed by atoms with E-state index in [1.165, 1.54) is 12.8 Å². The minimum Gasteiger partial charge on any atom is -0.413 e. The maximum Gasteiger partial charge on any atom is 0.247 e. The highest BCUT2D eigenvalue weighted by Gasteiger charge is 2.39. The molecule has 0 heterocycles. The van der Waals surface area contributed by atoms with Crippen molar-refractivity contribution in [2.75, 3.05) is 0 Å². The third kappa shape index (κ3) is 3.60. The van der Waals surface area contributed by atoms with Gasteiger partial charge < -0.3 is 4.43 Å². The Kier molecular flexibility index (Phi) is 6.77. The molecule has 0 aliphatic rings. The van der Waals surface area contributed by atoms with Crippen molar-refractivity contribution in [1.29, 1.82) is 0 Å². The highest BCUT2D eigenvalue weighted by atomic mass is 28.2. The summed E-state index contributed by atoms with van der Waals surface area (Å²) in [6.07, 6.45) is 3.46. The Morgan fingerprint density at radius 2 is 1.40 bits per heavy atom. The van der Waals surface area contributed by atoms with Gasteiger partial charge in [-0.05, 0) is 24.2 Å². The van der Waals surface area contributed by atoms with Crippen molar-refractivity contribution in [1.82, 2.24) is 0 Å². The first-order chi connectivity index (χ1) is 6.94. The largest absolute Gasteiger partial charge is 0.413 e. The first-order valence-corrected chi connectivity index (χ1v) is 6.70. The maximum absolute atomic E-state index is 5.76. The van der Waals surface area contributed by atoms with Crippen LogP contribution < -0.4 is 0 Å². The third-order valence-electron chi connectivity index (χ3n) is 3.81. The van der Waals surface area contributed by atoms with Crippen LogP contribution >= 0.6 is 0 Å². The maximum atomic E-state index is 5.76. The molecule has 15 heavy (non-hydrogen) atoms. The van der Waals surface area contributed by atoms with Crippen molar-refractivity contribution in [2.45, 2.75) is 66.4 Å². The van der Waals surface area contributed by atoms with Gasteiger partial charge in [-0.15, -0.1) is 0 Å². The first-order valence-electron chi connectivity index (χ1n) is 6.29. The van der Waals surface area contributed by atoms with Gasteiger partial charge in [0.1, 0.15) is 0 Å². The molecule has 0 saturated carbocycles. The van der Waals surface area contributed by atoms with Crippen LogP contribution in [0.4, 0.5) is 0 Å². The lowest BCUT2D eigenvalue weighted by atomic mass is 9.72. The normalized spacial score (nSPS) is 20.0. The van der Waals surface area contributed by atoms with E-state index in [1.807, 2.05) is 0 Å². The van der Waals surface area contributed by atoms with Gasteiger partial charge in [0, 0.05) is 0 Å². The van der Waals surface area contributed by atoms with Crippen molar-refractivity contribution in [3.8, 4) is 0 Å². The average molecular weight is 227 g/mol. The molecule has 0 N–H and O–H groups in total. The Morgan fingerprint density at radius 3 is 1.60 bits per heavy atom. The van der Waals surface area contributed by atoms with Crippen LogP contribution in [0.2, 0.25) is 0 Å². The molecule has 0 aromatic carbocycles. The molecule has 1 nitrogen and oxygen atoms in total. The molecule has 3 radical (unpaired) electrons. The molecule has 0 spiro atoms. The van der Waals surface area contributed by atoms with Crippen LogP contribution in [-0.4, -0.2) is 16.1 Å². The van der Waals surface area contributed by atoms with E-state index in [0.717, 1.165) is 6.42 Å². The van der Waals surface area contributed by atoms with E-state index in [2.05, 4.69) is 52.0 Å². The van der Waals surface area contributed by atoms with E-state index >= 15 is 0 Å². The van der Waals surface area contributed by atoms with Crippen molar-refractivity contribution < 1.29 is 4.43 Å². The minimum atomic E-state index is -0.00540. The Bertz CT molecular complexity index is 158. The predicted molar refractivity (Wildman–Crippen MR) is 67.9 cm³/mol. The fraction of sp³-hybridized carbons (Fsp3) is 1.00. The monoisotopic (exact) mass is 227 g/mol. The lowest BCUT2D eigenvalue weighted by molar-refractivity contribution is -0.0472. The predicted octanol–water partition coefficient (Wildman–Crippen LogP) is 3.96. The van der Waals surface area contributed by atoms with E-state index in [1.54, 1.807) is 0 Å². The lowest BCUT2D eigenvalue weighted by Gasteiger charge is -2.44. The first kappa shape index (κ1) is 15.2. The standard InChI is InChI=1S/C13H27OSi/c1-7-11(5)13(14-15,9-10(3)4)12(6)8-2/h10-12H,7-9H2,1-6H3. The van der Waals surface area contributed by atoms with Crippen molar-refractivity contribution in [2.24, 2.45) is 17.8 Å². The molecule has 2 unspecified atom stereocenters. The zero-order valence-corrected chi connectivity index (χ0v) is 12.3. The van der Waals surface area contributed by atoms with Crippen LogP contribution in [0.25, 0.3) is 0 Å². The second-order valence-corrected chi connectivity index (χ2v) is 5.48.